The van der Waals surface area contributed by atoms with Crippen LogP contribution in [0.5, 0.6) is 0 Å². The van der Waals surface area contributed by atoms with E-state index in [1.54, 1.807) is 0 Å². The molecule has 9 nitrogen and oxygen atoms in total. The quantitative estimate of drug-likeness (QED) is 0.402. The number of nitrogens with one attached hydrogen (secondary N) is 2. The molecule has 0 bridgehead atoms. The highest BCUT2D eigenvalue weighted by atomic mass is 16.5. The van der Waals surface area contributed by atoms with Gasteiger partial charge in [-0.25, -0.2) is 4.98 Å². The van der Waals surface area contributed by atoms with Gasteiger partial charge >= 0.3 is 5.97 Å². The lowest BCUT2D eigenvalue weighted by atomic mass is 9.94. The first-order valence-corrected chi connectivity index (χ1v) is 15.2. The van der Waals surface area contributed by atoms with E-state index >= 15 is 0 Å². The van der Waals surface area contributed by atoms with Crippen LogP contribution in [0.1, 0.15) is 62.3 Å². The summed E-state index contributed by atoms with van der Waals surface area (Å²) in [5.41, 5.74) is 3.94. The third-order valence-electron chi connectivity index (χ3n) is 8.74. The number of carbonyl (C=O) groups excluding carboxylic acids is 1. The van der Waals surface area contributed by atoms with Gasteiger partial charge < -0.3 is 30.3 Å². The highest BCUT2D eigenvalue weighted by Crippen LogP contribution is 2.30. The molecule has 1 amide bonds. The van der Waals surface area contributed by atoms with Gasteiger partial charge in [0.25, 0.3) is 0 Å². The van der Waals surface area contributed by atoms with Crippen LogP contribution in [0.25, 0.3) is 0 Å². The van der Waals surface area contributed by atoms with Gasteiger partial charge in [0.15, 0.2) is 0 Å². The van der Waals surface area contributed by atoms with Crippen molar-refractivity contribution in [3.63, 3.8) is 0 Å². The first-order chi connectivity index (χ1) is 19.8. The Labute approximate surface area is 243 Å². The second-order valence-corrected chi connectivity index (χ2v) is 12.3. The number of hydrogen-bond acceptors (Lipinski definition) is 7. The molecule has 0 aliphatic carbocycles. The Balaban J connectivity index is 1.12. The molecular weight excluding hydrogens is 518 g/mol. The normalized spacial score (nSPS) is 21.4. The van der Waals surface area contributed by atoms with E-state index in [2.05, 4.69) is 46.4 Å². The van der Waals surface area contributed by atoms with Crippen LogP contribution in [0.2, 0.25) is 0 Å². The molecule has 3 N–H and O–H groups in total. The van der Waals surface area contributed by atoms with Crippen LogP contribution in [0.4, 0.5) is 11.5 Å². The lowest BCUT2D eigenvalue weighted by molar-refractivity contribution is -0.138. The molecule has 0 spiro atoms. The Hall–Kier alpha value is -3.17. The number of fused-ring (bicyclic) bond motifs is 1. The van der Waals surface area contributed by atoms with Crippen LogP contribution in [0, 0.1) is 5.92 Å². The van der Waals surface area contributed by atoms with Crippen molar-refractivity contribution in [3.8, 4) is 0 Å². The highest BCUT2D eigenvalue weighted by Gasteiger charge is 2.32. The molecule has 2 atom stereocenters. The van der Waals surface area contributed by atoms with Crippen molar-refractivity contribution in [2.45, 2.75) is 63.8 Å². The van der Waals surface area contributed by atoms with Gasteiger partial charge in [0.2, 0.25) is 5.91 Å². The van der Waals surface area contributed by atoms with Crippen LogP contribution < -0.4 is 15.5 Å². The summed E-state index contributed by atoms with van der Waals surface area (Å²) in [6, 6.07) is 12.1. The summed E-state index contributed by atoms with van der Waals surface area (Å²) in [5, 5.41) is 16.4. The zero-order chi connectivity index (χ0) is 28.8. The van der Waals surface area contributed by atoms with Crippen molar-refractivity contribution in [1.29, 1.82) is 0 Å². The van der Waals surface area contributed by atoms with E-state index in [0.29, 0.717) is 25.3 Å². The number of amides is 1. The lowest BCUT2D eigenvalue weighted by Gasteiger charge is -2.44. The number of benzene rings is 1. The minimum absolute atomic E-state index is 0.0474. The Morgan fingerprint density at radius 2 is 2.10 bits per heavy atom. The van der Waals surface area contributed by atoms with E-state index in [1.807, 2.05) is 24.3 Å². The van der Waals surface area contributed by atoms with Gasteiger partial charge in [-0.3, -0.25) is 9.59 Å². The number of carbonyl (C=O) groups is 2. The third kappa shape index (κ3) is 7.38. The number of aromatic nitrogens is 1. The first kappa shape index (κ1) is 29.3. The number of ether oxygens (including phenoxy) is 1. The van der Waals surface area contributed by atoms with E-state index in [9.17, 15) is 14.7 Å². The van der Waals surface area contributed by atoms with Crippen molar-refractivity contribution in [3.05, 3.63) is 53.2 Å². The fraction of sp³-hybridized carbons (Fsp3) is 0.594. The van der Waals surface area contributed by atoms with Crippen molar-refractivity contribution in [2.75, 3.05) is 62.7 Å². The van der Waals surface area contributed by atoms with E-state index < -0.39 is 11.9 Å². The van der Waals surface area contributed by atoms with Gasteiger partial charge in [-0.05, 0) is 94.8 Å². The molecule has 9 heteroatoms. The molecule has 1 aromatic heterocycles. The highest BCUT2D eigenvalue weighted by molar-refractivity contribution is 5.81. The number of nitrogens with zero attached hydrogens (tertiary/aromatic N) is 3. The van der Waals surface area contributed by atoms with Gasteiger partial charge in [-0.15, -0.1) is 0 Å². The van der Waals surface area contributed by atoms with Crippen molar-refractivity contribution < 1.29 is 19.4 Å². The molecule has 0 unspecified atom stereocenters. The van der Waals surface area contributed by atoms with Crippen LogP contribution in [0.3, 0.4) is 0 Å². The van der Waals surface area contributed by atoms with Gasteiger partial charge in [-0.2, -0.15) is 0 Å². The molecule has 2 saturated heterocycles. The Kier molecular flexibility index (Phi) is 9.45. The number of carboxylic acids is 1. The van der Waals surface area contributed by atoms with Crippen molar-refractivity contribution in [2.24, 2.45) is 5.92 Å². The molecule has 41 heavy (non-hydrogen) atoms. The zero-order valence-electron chi connectivity index (χ0n) is 24.5. The number of anilines is 2. The molecule has 3 aliphatic rings. The molecule has 1 aromatic carbocycles. The monoisotopic (exact) mass is 563 g/mol. The van der Waals surface area contributed by atoms with Crippen LogP contribution in [-0.2, 0) is 27.2 Å². The molecule has 5 rings (SSSR count). The van der Waals surface area contributed by atoms with Gasteiger partial charge in [0.1, 0.15) is 5.82 Å². The van der Waals surface area contributed by atoms with E-state index in [1.165, 1.54) is 5.56 Å². The number of piperidine rings is 1. The average molecular weight is 564 g/mol. The second kappa shape index (κ2) is 13.2. The summed E-state index contributed by atoms with van der Waals surface area (Å²) in [5.74, 6) is -0.861. The number of morpholine rings is 1. The molecule has 2 fully saturated rings. The maximum atomic E-state index is 13.2. The molecule has 4 heterocycles. The van der Waals surface area contributed by atoms with E-state index in [4.69, 9.17) is 9.72 Å². The zero-order valence-corrected chi connectivity index (χ0v) is 24.5. The second-order valence-electron chi connectivity index (χ2n) is 12.3. The molecule has 3 aliphatic heterocycles. The largest absolute Gasteiger partial charge is 0.481 e. The van der Waals surface area contributed by atoms with Gasteiger partial charge in [0, 0.05) is 37.6 Å². The van der Waals surface area contributed by atoms with Crippen LogP contribution in [-0.4, -0.2) is 84.9 Å². The Bertz CT molecular complexity index is 1220. The fourth-order valence-corrected chi connectivity index (χ4v) is 6.41. The molecule has 2 aromatic rings. The van der Waals surface area contributed by atoms with Gasteiger partial charge in [0.05, 0.1) is 30.6 Å². The topological polar surface area (TPSA) is 107 Å². The number of likely N-dealkylation sites (tertiary alicyclic amines) is 1. The van der Waals surface area contributed by atoms with E-state index in [-0.39, 0.29) is 23.9 Å². The number of aryl methyl sites for hydroxylation is 2. The van der Waals surface area contributed by atoms with Crippen LogP contribution in [0.15, 0.2) is 36.4 Å². The number of pyridine rings is 1. The summed E-state index contributed by atoms with van der Waals surface area (Å²) < 4.78 is 5.65. The maximum absolute atomic E-state index is 13.2. The van der Waals surface area contributed by atoms with Crippen molar-refractivity contribution >= 4 is 23.4 Å². The fourth-order valence-electron chi connectivity index (χ4n) is 6.41. The van der Waals surface area contributed by atoms with Crippen molar-refractivity contribution in [1.82, 2.24) is 15.2 Å². The summed E-state index contributed by atoms with van der Waals surface area (Å²) in [4.78, 5) is 34.9. The minimum Gasteiger partial charge on any atom is -0.481 e. The predicted molar refractivity (Wildman–Crippen MR) is 161 cm³/mol. The smallest absolute Gasteiger partial charge is 0.312 e. The lowest BCUT2D eigenvalue weighted by Crippen LogP contribution is -2.53. The minimum atomic E-state index is -0.931. The average Bonchev–Trinajstić information content (AvgIpc) is 2.97. The predicted octanol–water partition coefficient (Wildman–Crippen LogP) is 3.68. The first-order valence-electron chi connectivity index (χ1n) is 15.2. The third-order valence-corrected chi connectivity index (χ3v) is 8.74. The van der Waals surface area contributed by atoms with E-state index in [0.717, 1.165) is 81.9 Å². The molecule has 0 saturated carbocycles. The number of carboxylic acid groups (broad SMARTS) is 1. The SMILES string of the molecule is CC1(C)COCCN1c1cccc([C@@H](CNC(=O)[C@@H]2CCCN(CCCc3ccc4c(n3)NCCC4)C2)C(=O)O)c1. The Morgan fingerprint density at radius 3 is 2.93 bits per heavy atom. The number of hydrogen-bond donors (Lipinski definition) is 3. The summed E-state index contributed by atoms with van der Waals surface area (Å²) >= 11 is 0. The van der Waals surface area contributed by atoms with Gasteiger partial charge in [-0.1, -0.05) is 18.2 Å². The summed E-state index contributed by atoms with van der Waals surface area (Å²) in [7, 11) is 0. The standard InChI is InChI=1S/C32H45N5O4/c1-32(2)22-41-18-17-37(32)27-11-3-7-24(19-27)28(31(39)40)20-34-30(38)25-9-5-15-36(21-25)16-6-10-26-13-12-23-8-4-14-33-29(23)35-26/h3,7,11-13,19,25,28H,4-6,8-10,14-18,20-22H2,1-2H3,(H,33,35)(H,34,38)(H,39,40)/t25-,28-/m1/s1. The summed E-state index contributed by atoms with van der Waals surface area (Å²) in [6.45, 7) is 9.99. The molecular formula is C32H45N5O4. The van der Waals surface area contributed by atoms with Crippen LogP contribution >= 0.6 is 0 Å². The number of aliphatic carboxylic acids is 1. The summed E-state index contributed by atoms with van der Waals surface area (Å²) in [6.07, 6.45) is 5.98. The molecule has 222 valence electrons. The molecule has 0 radical (unpaired) electrons. The Morgan fingerprint density at radius 1 is 1.22 bits per heavy atom. The number of rotatable bonds is 10. The maximum Gasteiger partial charge on any atom is 0.312 e.